The molecule has 5 aliphatic rings. The van der Waals surface area contributed by atoms with E-state index < -0.39 is 0 Å². The molecule has 7 nitrogen and oxygen atoms in total. The van der Waals surface area contributed by atoms with Gasteiger partial charge in [0.2, 0.25) is 11.6 Å². The quantitative estimate of drug-likeness (QED) is 0.612. The lowest BCUT2D eigenvalue weighted by Crippen LogP contribution is -2.55. The molecule has 29 heavy (non-hydrogen) atoms. The molecule has 0 radical (unpaired) electrons. The summed E-state index contributed by atoms with van der Waals surface area (Å²) in [4.78, 5) is 22.6. The number of nitrogens with zero attached hydrogens (tertiary/aromatic N) is 4. The first-order chi connectivity index (χ1) is 14.1. The molecule has 1 aromatic carbocycles. The molecule has 7 rings (SSSR count). The molecule has 4 fully saturated rings. The molecular formula is C22H25N5O2. The third kappa shape index (κ3) is 2.70. The van der Waals surface area contributed by atoms with Gasteiger partial charge in [-0.15, -0.1) is 0 Å². The summed E-state index contributed by atoms with van der Waals surface area (Å²) < 4.78 is 0. The van der Waals surface area contributed by atoms with Gasteiger partial charge in [0.25, 0.3) is 0 Å². The van der Waals surface area contributed by atoms with Crippen LogP contribution in [-0.2, 0) is 6.42 Å². The number of hydrogen-bond acceptors (Lipinski definition) is 6. The minimum atomic E-state index is -0.306. The number of nitro groups is 1. The van der Waals surface area contributed by atoms with Crippen LogP contribution in [0, 0.1) is 27.9 Å². The smallest absolute Gasteiger partial charge is 0.353 e. The van der Waals surface area contributed by atoms with Crippen molar-refractivity contribution in [3.05, 3.63) is 46.3 Å². The number of rotatable bonds is 4. The number of nitrogens with one attached hydrogen (secondary N) is 1. The van der Waals surface area contributed by atoms with Crippen molar-refractivity contribution in [2.24, 2.45) is 17.8 Å². The Morgan fingerprint density at radius 1 is 1.07 bits per heavy atom. The van der Waals surface area contributed by atoms with Crippen LogP contribution in [0.15, 0.2) is 30.6 Å². The molecule has 0 atom stereocenters. The first-order valence-electron chi connectivity index (χ1n) is 10.7. The first-order valence-corrected chi connectivity index (χ1v) is 10.7. The van der Waals surface area contributed by atoms with Gasteiger partial charge in [-0.05, 0) is 74.3 Å². The molecule has 150 valence electrons. The van der Waals surface area contributed by atoms with Gasteiger partial charge in [0, 0.05) is 17.8 Å². The van der Waals surface area contributed by atoms with E-state index in [0.29, 0.717) is 18.2 Å². The minimum Gasteiger partial charge on any atom is -0.359 e. The molecule has 4 aliphatic carbocycles. The van der Waals surface area contributed by atoms with E-state index in [0.717, 1.165) is 49.1 Å². The van der Waals surface area contributed by atoms with E-state index in [2.05, 4.69) is 21.4 Å². The van der Waals surface area contributed by atoms with Crippen molar-refractivity contribution in [1.29, 1.82) is 0 Å². The maximum absolute atomic E-state index is 12.2. The van der Waals surface area contributed by atoms with Crippen molar-refractivity contribution in [3.63, 3.8) is 0 Å². The Balaban J connectivity index is 1.39. The number of anilines is 3. The number of fused-ring (bicyclic) bond motifs is 1. The molecule has 0 saturated heterocycles. The summed E-state index contributed by atoms with van der Waals surface area (Å²) in [5.41, 5.74) is 2.19. The fourth-order valence-electron chi connectivity index (χ4n) is 6.90. The molecule has 7 heteroatoms. The van der Waals surface area contributed by atoms with Crippen LogP contribution in [0.1, 0.15) is 44.1 Å². The minimum absolute atomic E-state index is 0.0138. The van der Waals surface area contributed by atoms with Crippen molar-refractivity contribution in [3.8, 4) is 0 Å². The average Bonchev–Trinajstić information content (AvgIpc) is 3.10. The lowest BCUT2D eigenvalue weighted by atomic mass is 9.53. The molecular weight excluding hydrogens is 366 g/mol. The van der Waals surface area contributed by atoms with Gasteiger partial charge in [-0.1, -0.05) is 18.2 Å². The summed E-state index contributed by atoms with van der Waals surface area (Å²) >= 11 is 0. The summed E-state index contributed by atoms with van der Waals surface area (Å²) in [7, 11) is 0. The Kier molecular flexibility index (Phi) is 3.64. The second-order valence-corrected chi connectivity index (χ2v) is 9.50. The maximum atomic E-state index is 12.2. The highest BCUT2D eigenvalue weighted by atomic mass is 16.6. The van der Waals surface area contributed by atoms with Crippen molar-refractivity contribution >= 4 is 23.0 Å². The standard InChI is InChI=1S/C22H25N5O2/c28-27(29)19-20(25-22-10-14-7-15(11-22)9-16(8-14)12-22)23-13-24-21(19)26-6-5-17-3-1-2-4-18(17)26/h1-4,13-16H,5-12H2,(H,23,24,25). The highest BCUT2D eigenvalue weighted by molar-refractivity contribution is 5.78. The lowest BCUT2D eigenvalue weighted by molar-refractivity contribution is -0.383. The number of hydrogen-bond donors (Lipinski definition) is 1. The Bertz CT molecular complexity index is 956. The maximum Gasteiger partial charge on any atom is 0.353 e. The second-order valence-electron chi connectivity index (χ2n) is 9.50. The monoisotopic (exact) mass is 391 g/mol. The van der Waals surface area contributed by atoms with E-state index in [9.17, 15) is 10.1 Å². The van der Waals surface area contributed by atoms with Gasteiger partial charge in [-0.3, -0.25) is 10.1 Å². The SMILES string of the molecule is O=[N+]([O-])c1c(NC23CC4CC(CC(C4)C2)C3)ncnc1N1CCc2ccccc21. The van der Waals surface area contributed by atoms with Gasteiger partial charge in [-0.2, -0.15) is 0 Å². The van der Waals surface area contributed by atoms with E-state index in [1.807, 2.05) is 23.1 Å². The average molecular weight is 391 g/mol. The predicted molar refractivity (Wildman–Crippen MR) is 110 cm³/mol. The van der Waals surface area contributed by atoms with Crippen LogP contribution in [0.5, 0.6) is 0 Å². The summed E-state index contributed by atoms with van der Waals surface area (Å²) in [5, 5.41) is 15.8. The van der Waals surface area contributed by atoms with Gasteiger partial charge in [-0.25, -0.2) is 9.97 Å². The Hall–Kier alpha value is -2.70. The molecule has 0 unspecified atom stereocenters. The zero-order valence-electron chi connectivity index (χ0n) is 16.4. The zero-order valence-corrected chi connectivity index (χ0v) is 16.4. The van der Waals surface area contributed by atoms with Crippen LogP contribution in [0.2, 0.25) is 0 Å². The highest BCUT2D eigenvalue weighted by Gasteiger charge is 2.51. The summed E-state index contributed by atoms with van der Waals surface area (Å²) in [5.74, 6) is 3.09. The van der Waals surface area contributed by atoms with E-state index in [1.165, 1.54) is 31.2 Å². The lowest BCUT2D eigenvalue weighted by Gasteiger charge is -2.57. The Morgan fingerprint density at radius 3 is 2.45 bits per heavy atom. The van der Waals surface area contributed by atoms with Gasteiger partial charge in [0.15, 0.2) is 0 Å². The molecule has 2 aromatic rings. The van der Waals surface area contributed by atoms with E-state index >= 15 is 0 Å². The molecule has 2 heterocycles. The number of aromatic nitrogens is 2. The highest BCUT2D eigenvalue weighted by Crippen LogP contribution is 2.57. The Morgan fingerprint density at radius 2 is 1.76 bits per heavy atom. The van der Waals surface area contributed by atoms with Crippen LogP contribution >= 0.6 is 0 Å². The van der Waals surface area contributed by atoms with Gasteiger partial charge in [0.1, 0.15) is 6.33 Å². The summed E-state index contributed by atoms with van der Waals surface area (Å²) in [6.45, 7) is 0.702. The molecule has 0 amide bonds. The molecule has 4 saturated carbocycles. The normalized spacial score (nSPS) is 31.7. The molecule has 0 spiro atoms. The van der Waals surface area contributed by atoms with Crippen LogP contribution < -0.4 is 10.2 Å². The zero-order chi connectivity index (χ0) is 19.6. The van der Waals surface area contributed by atoms with Crippen LogP contribution in [0.3, 0.4) is 0 Å². The van der Waals surface area contributed by atoms with Crippen molar-refractivity contribution in [2.75, 3.05) is 16.8 Å². The third-order valence-corrected chi connectivity index (χ3v) is 7.55. The van der Waals surface area contributed by atoms with Crippen LogP contribution in [0.4, 0.5) is 23.0 Å². The van der Waals surface area contributed by atoms with Gasteiger partial charge >= 0.3 is 5.69 Å². The van der Waals surface area contributed by atoms with Crippen LogP contribution in [0.25, 0.3) is 0 Å². The van der Waals surface area contributed by atoms with E-state index in [1.54, 1.807) is 0 Å². The largest absolute Gasteiger partial charge is 0.359 e. The Labute approximate surface area is 169 Å². The predicted octanol–water partition coefficient (Wildman–Crippen LogP) is 4.46. The first kappa shape index (κ1) is 17.2. The molecule has 1 aliphatic heterocycles. The molecule has 1 N–H and O–H groups in total. The fraction of sp³-hybridized carbons (Fsp3) is 0.545. The topological polar surface area (TPSA) is 84.2 Å². The molecule has 1 aromatic heterocycles. The number of benzene rings is 1. The second kappa shape index (κ2) is 6.15. The van der Waals surface area contributed by atoms with E-state index in [-0.39, 0.29) is 16.1 Å². The van der Waals surface area contributed by atoms with Crippen LogP contribution in [-0.4, -0.2) is 27.0 Å². The van der Waals surface area contributed by atoms with Crippen molar-refractivity contribution in [2.45, 2.75) is 50.5 Å². The van der Waals surface area contributed by atoms with Gasteiger partial charge < -0.3 is 10.2 Å². The van der Waals surface area contributed by atoms with Crippen molar-refractivity contribution < 1.29 is 4.92 Å². The van der Waals surface area contributed by atoms with Crippen molar-refractivity contribution in [1.82, 2.24) is 9.97 Å². The van der Waals surface area contributed by atoms with Gasteiger partial charge in [0.05, 0.1) is 4.92 Å². The summed E-state index contributed by atoms with van der Waals surface area (Å²) in [6, 6.07) is 8.08. The molecule has 4 bridgehead atoms. The third-order valence-electron chi connectivity index (χ3n) is 7.55. The fourth-order valence-corrected chi connectivity index (χ4v) is 6.90. The summed E-state index contributed by atoms with van der Waals surface area (Å²) in [6.07, 6.45) is 9.70. The van der Waals surface area contributed by atoms with E-state index in [4.69, 9.17) is 0 Å². The number of para-hydroxylation sites is 1.